The van der Waals surface area contributed by atoms with E-state index in [2.05, 4.69) is 154 Å². The molecule has 0 atom stereocenters. The average molecular weight is 836 g/mol. The summed E-state index contributed by atoms with van der Waals surface area (Å²) in [5.41, 5.74) is 6.46. The molecule has 0 bridgehead atoms. The zero-order valence-electron chi connectivity index (χ0n) is 39.4. The third-order valence-corrected chi connectivity index (χ3v) is 11.3. The van der Waals surface area contributed by atoms with E-state index in [4.69, 9.17) is 9.47 Å². The van der Waals surface area contributed by atoms with Gasteiger partial charge in [0.05, 0.1) is 18.4 Å². The van der Waals surface area contributed by atoms with Crippen LogP contribution in [0.5, 0.6) is 11.5 Å². The highest BCUT2D eigenvalue weighted by Gasteiger charge is 2.31. The van der Waals surface area contributed by atoms with E-state index in [1.165, 1.54) is 11.1 Å². The number of nitrogens with one attached hydrogen (secondary N) is 2. The Bertz CT molecular complexity index is 1930. The van der Waals surface area contributed by atoms with Gasteiger partial charge in [0, 0.05) is 25.8 Å². The summed E-state index contributed by atoms with van der Waals surface area (Å²) in [4.78, 5) is 28.6. The second-order valence-corrected chi connectivity index (χ2v) is 21.0. The number of hydrogen-bond acceptors (Lipinski definition) is 9. The van der Waals surface area contributed by atoms with Crippen LogP contribution in [0.1, 0.15) is 135 Å². The number of nitrogens with zero attached hydrogens (tertiary/aromatic N) is 1. The molecule has 9 heteroatoms. The fourth-order valence-electron chi connectivity index (χ4n) is 7.50. The number of phenols is 2. The van der Waals surface area contributed by atoms with Gasteiger partial charge >= 0.3 is 11.9 Å². The minimum atomic E-state index is -0.555. The van der Waals surface area contributed by atoms with Crippen molar-refractivity contribution in [1.82, 2.24) is 10.6 Å². The number of aromatic hydroxyl groups is 2. The summed E-state index contributed by atoms with van der Waals surface area (Å²) in [6.07, 6.45) is 0.986. The second kappa shape index (κ2) is 19.5. The number of rotatable bonds is 16. The molecule has 0 saturated heterocycles. The van der Waals surface area contributed by atoms with Crippen LogP contribution in [0.4, 0.5) is 5.69 Å². The molecule has 4 aromatic rings. The summed E-state index contributed by atoms with van der Waals surface area (Å²) in [6, 6.07) is 26.5. The van der Waals surface area contributed by atoms with Gasteiger partial charge < -0.3 is 24.6 Å². The third kappa shape index (κ3) is 13.6. The fourth-order valence-corrected chi connectivity index (χ4v) is 7.50. The smallest absolute Gasteiger partial charge is 0.311 e. The van der Waals surface area contributed by atoms with Crippen molar-refractivity contribution in [2.75, 3.05) is 38.5 Å². The van der Waals surface area contributed by atoms with Crippen molar-refractivity contribution in [3.05, 3.63) is 123 Å². The van der Waals surface area contributed by atoms with Gasteiger partial charge in [-0.2, -0.15) is 0 Å². The third-order valence-electron chi connectivity index (χ3n) is 11.3. The number of likely N-dealkylation sites (N-methyl/N-ethyl adjacent to an activating group) is 1. The van der Waals surface area contributed by atoms with Gasteiger partial charge in [-0.05, 0) is 91.6 Å². The van der Waals surface area contributed by atoms with E-state index in [0.29, 0.717) is 13.1 Å². The van der Waals surface area contributed by atoms with Gasteiger partial charge in [0.1, 0.15) is 25.0 Å². The molecule has 0 aromatic heterocycles. The molecule has 0 aliphatic rings. The van der Waals surface area contributed by atoms with E-state index in [1.54, 1.807) is 0 Å². The molecular formula is C52H73N3O6. The van der Waals surface area contributed by atoms with Crippen molar-refractivity contribution >= 4 is 17.6 Å². The number of carbonyl (C=O) groups is 2. The first kappa shape index (κ1) is 48.8. The summed E-state index contributed by atoms with van der Waals surface area (Å²) in [5.74, 6) is -0.189. The van der Waals surface area contributed by atoms with Crippen molar-refractivity contribution in [3.8, 4) is 11.5 Å². The number of esters is 2. The van der Waals surface area contributed by atoms with E-state index < -0.39 is 5.54 Å². The van der Waals surface area contributed by atoms with Gasteiger partial charge in [0.2, 0.25) is 0 Å². The summed E-state index contributed by atoms with van der Waals surface area (Å²) in [6.45, 7) is 27.6. The van der Waals surface area contributed by atoms with Gasteiger partial charge in [-0.15, -0.1) is 0 Å². The molecule has 4 N–H and O–H groups in total. The maximum absolute atomic E-state index is 13.2. The molecule has 0 heterocycles. The Morgan fingerprint density at radius 3 is 1.21 bits per heavy atom. The van der Waals surface area contributed by atoms with Gasteiger partial charge in [-0.3, -0.25) is 20.2 Å². The van der Waals surface area contributed by atoms with Gasteiger partial charge in [-0.25, -0.2) is 0 Å². The van der Waals surface area contributed by atoms with Crippen LogP contribution in [-0.4, -0.2) is 61.3 Å². The minimum Gasteiger partial charge on any atom is -0.507 e. The Morgan fingerprint density at radius 2 is 0.869 bits per heavy atom. The van der Waals surface area contributed by atoms with E-state index in [-0.39, 0.29) is 71.4 Å². The van der Waals surface area contributed by atoms with Crippen molar-refractivity contribution in [2.45, 2.75) is 136 Å². The van der Waals surface area contributed by atoms with Crippen molar-refractivity contribution in [3.63, 3.8) is 0 Å². The molecule has 0 amide bonds. The van der Waals surface area contributed by atoms with Crippen LogP contribution in [-0.2, 0) is 60.0 Å². The summed E-state index contributed by atoms with van der Waals surface area (Å²) in [7, 11) is 2.03. The lowest BCUT2D eigenvalue weighted by Gasteiger charge is -2.41. The molecule has 0 fully saturated rings. The van der Waals surface area contributed by atoms with Crippen LogP contribution in [0, 0.1) is 0 Å². The molecule has 4 rings (SSSR count). The predicted octanol–water partition coefficient (Wildman–Crippen LogP) is 9.74. The number of benzene rings is 4. The van der Waals surface area contributed by atoms with Crippen LogP contribution < -0.4 is 15.5 Å². The number of phenolic OH excluding ortho intramolecular Hbond substituents is 2. The number of carbonyl (C=O) groups excluding carboxylic acids is 2. The second-order valence-electron chi connectivity index (χ2n) is 21.0. The van der Waals surface area contributed by atoms with E-state index in [9.17, 15) is 19.8 Å². The fraction of sp³-hybridized carbons (Fsp3) is 0.500. The average Bonchev–Trinajstić information content (AvgIpc) is 3.15. The minimum absolute atomic E-state index is 0.00331. The first-order valence-corrected chi connectivity index (χ1v) is 21.5. The highest BCUT2D eigenvalue weighted by atomic mass is 16.5. The number of anilines is 1. The Morgan fingerprint density at radius 1 is 0.525 bits per heavy atom. The standard InChI is InChI=1S/C52H73N3O6/c1-48(2,3)40-25-37(26-41(46(40)58)49(4,5)6)29-44(56)60-33-53-31-52(13,55(14)39-22-20-36(21-23-39)24-35-18-16-15-17-19-35)32-54-34-61-45(57)30-38-27-42(50(7,8)9)47(59)43(28-38)51(10,11)12/h15-23,25-28,53-54,58-59H,24,29-34H2,1-14H3. The Labute approximate surface area is 366 Å². The normalized spacial score (nSPS) is 12.6. The molecule has 9 nitrogen and oxygen atoms in total. The molecule has 61 heavy (non-hydrogen) atoms. The van der Waals surface area contributed by atoms with Crippen LogP contribution in [0.3, 0.4) is 0 Å². The maximum Gasteiger partial charge on any atom is 0.311 e. The molecule has 332 valence electrons. The Hall–Kier alpha value is -4.86. The molecule has 0 radical (unpaired) electrons. The van der Waals surface area contributed by atoms with Crippen LogP contribution in [0.15, 0.2) is 78.9 Å². The summed E-state index contributed by atoms with van der Waals surface area (Å²) >= 11 is 0. The first-order chi connectivity index (χ1) is 28.2. The highest BCUT2D eigenvalue weighted by molar-refractivity contribution is 5.74. The lowest BCUT2D eigenvalue weighted by atomic mass is 9.78. The molecule has 0 aliphatic heterocycles. The monoisotopic (exact) mass is 836 g/mol. The quantitative estimate of drug-likeness (QED) is 0.0497. The largest absolute Gasteiger partial charge is 0.507 e. The molecule has 0 spiro atoms. The summed E-state index contributed by atoms with van der Waals surface area (Å²) < 4.78 is 11.4. The zero-order valence-corrected chi connectivity index (χ0v) is 39.4. The molecule has 0 aliphatic carbocycles. The molecule has 4 aromatic carbocycles. The Kier molecular flexibility index (Phi) is 15.6. The highest BCUT2D eigenvalue weighted by Crippen LogP contribution is 2.41. The first-order valence-electron chi connectivity index (χ1n) is 21.5. The van der Waals surface area contributed by atoms with Crippen LogP contribution in [0.25, 0.3) is 0 Å². The lowest BCUT2D eigenvalue weighted by Crippen LogP contribution is -2.57. The van der Waals surface area contributed by atoms with E-state index >= 15 is 0 Å². The number of ether oxygens (including phenoxy) is 2. The SMILES string of the molecule is CN(c1ccc(Cc2ccccc2)cc1)C(C)(CNCOC(=O)Cc1cc(C(C)(C)C)c(O)c(C(C)(C)C)c1)CNCOC(=O)Cc1cc(C(C)(C)C)c(O)c(C(C)(C)C)c1. The van der Waals surface area contributed by atoms with Gasteiger partial charge in [0.15, 0.2) is 0 Å². The predicted molar refractivity (Wildman–Crippen MR) is 249 cm³/mol. The topological polar surface area (TPSA) is 120 Å². The van der Waals surface area contributed by atoms with Crippen molar-refractivity contribution < 1.29 is 29.3 Å². The van der Waals surface area contributed by atoms with Crippen molar-refractivity contribution in [2.24, 2.45) is 0 Å². The van der Waals surface area contributed by atoms with Crippen LogP contribution in [0.2, 0.25) is 0 Å². The lowest BCUT2D eigenvalue weighted by molar-refractivity contribution is -0.144. The molecule has 0 saturated carbocycles. The number of hydrogen-bond donors (Lipinski definition) is 4. The summed E-state index contributed by atoms with van der Waals surface area (Å²) in [5, 5.41) is 29.0. The van der Waals surface area contributed by atoms with Crippen LogP contribution >= 0.6 is 0 Å². The van der Waals surface area contributed by atoms with Crippen molar-refractivity contribution in [1.29, 1.82) is 0 Å². The van der Waals surface area contributed by atoms with E-state index in [0.717, 1.165) is 45.5 Å². The Balaban J connectivity index is 1.45. The van der Waals surface area contributed by atoms with Gasteiger partial charge in [-0.1, -0.05) is 150 Å². The molecule has 0 unspecified atom stereocenters. The maximum atomic E-state index is 13.2. The van der Waals surface area contributed by atoms with E-state index in [1.807, 2.05) is 37.4 Å². The zero-order chi connectivity index (χ0) is 45.6. The van der Waals surface area contributed by atoms with Gasteiger partial charge in [0.25, 0.3) is 0 Å². The molecular weight excluding hydrogens is 763 g/mol.